The molecule has 1 unspecified atom stereocenters. The van der Waals surface area contributed by atoms with Crippen LogP contribution in [-0.2, 0) is 12.4 Å². The van der Waals surface area contributed by atoms with Gasteiger partial charge in [0.05, 0.1) is 17.2 Å². The SMILES string of the molecule is CC(C)C(C)Oc1cc(C(F)(F)F)cc(C(F)(F)F)c1. The van der Waals surface area contributed by atoms with Crippen LogP contribution in [0.2, 0.25) is 0 Å². The molecule has 0 saturated carbocycles. The van der Waals surface area contributed by atoms with Gasteiger partial charge in [0.1, 0.15) is 5.75 Å². The van der Waals surface area contributed by atoms with E-state index < -0.39 is 35.3 Å². The number of hydrogen-bond donors (Lipinski definition) is 0. The van der Waals surface area contributed by atoms with E-state index in [1.54, 1.807) is 20.8 Å². The van der Waals surface area contributed by atoms with Crippen LogP contribution in [0.5, 0.6) is 5.75 Å². The van der Waals surface area contributed by atoms with Gasteiger partial charge in [0.2, 0.25) is 0 Å². The van der Waals surface area contributed by atoms with Gasteiger partial charge in [-0.2, -0.15) is 26.3 Å². The van der Waals surface area contributed by atoms with Crippen molar-refractivity contribution in [3.05, 3.63) is 29.3 Å². The van der Waals surface area contributed by atoms with Crippen molar-refractivity contribution >= 4 is 0 Å². The molecule has 114 valence electrons. The lowest BCUT2D eigenvalue weighted by Gasteiger charge is -2.20. The number of alkyl halides is 6. The van der Waals surface area contributed by atoms with Crippen molar-refractivity contribution in [2.75, 3.05) is 0 Å². The van der Waals surface area contributed by atoms with Crippen LogP contribution < -0.4 is 4.74 Å². The van der Waals surface area contributed by atoms with Crippen molar-refractivity contribution in [1.82, 2.24) is 0 Å². The minimum absolute atomic E-state index is 0.0427. The summed E-state index contributed by atoms with van der Waals surface area (Å²) in [6.07, 6.45) is -10.2. The third kappa shape index (κ3) is 4.31. The van der Waals surface area contributed by atoms with Gasteiger partial charge in [0.25, 0.3) is 0 Å². The average Bonchev–Trinajstić information content (AvgIpc) is 2.26. The summed E-state index contributed by atoms with van der Waals surface area (Å²) in [5.41, 5.74) is -2.75. The first-order chi connectivity index (χ1) is 8.91. The minimum atomic E-state index is -4.86. The Balaban J connectivity index is 3.24. The molecule has 1 rings (SSSR count). The van der Waals surface area contributed by atoms with Crippen LogP contribution in [0, 0.1) is 5.92 Å². The van der Waals surface area contributed by atoms with Gasteiger partial charge in [-0.25, -0.2) is 0 Å². The van der Waals surface area contributed by atoms with Crippen molar-refractivity contribution in [2.45, 2.75) is 39.2 Å². The van der Waals surface area contributed by atoms with Gasteiger partial charge in [-0.15, -0.1) is 0 Å². The molecule has 0 bridgehead atoms. The highest BCUT2D eigenvalue weighted by atomic mass is 19.4. The molecule has 20 heavy (non-hydrogen) atoms. The maximum absolute atomic E-state index is 12.6. The van der Waals surface area contributed by atoms with Crippen LogP contribution in [0.4, 0.5) is 26.3 Å². The van der Waals surface area contributed by atoms with E-state index in [0.717, 1.165) is 0 Å². The number of halogens is 6. The third-order valence-electron chi connectivity index (χ3n) is 2.82. The molecule has 1 aromatic rings. The Labute approximate surface area is 112 Å². The number of rotatable bonds is 3. The Kier molecular flexibility index (Phi) is 4.61. The van der Waals surface area contributed by atoms with Crippen molar-refractivity contribution in [3.63, 3.8) is 0 Å². The maximum Gasteiger partial charge on any atom is 0.416 e. The second-order valence-electron chi connectivity index (χ2n) is 4.81. The lowest BCUT2D eigenvalue weighted by molar-refractivity contribution is -0.143. The molecular weight excluding hydrogens is 286 g/mol. The fourth-order valence-electron chi connectivity index (χ4n) is 1.35. The molecule has 0 amide bonds. The second-order valence-corrected chi connectivity index (χ2v) is 4.81. The molecule has 0 spiro atoms. The topological polar surface area (TPSA) is 9.23 Å². The molecule has 0 aliphatic carbocycles. The van der Waals surface area contributed by atoms with Crippen molar-refractivity contribution in [2.24, 2.45) is 5.92 Å². The van der Waals surface area contributed by atoms with Gasteiger partial charge in [-0.05, 0) is 31.0 Å². The molecule has 0 aliphatic heterocycles. The lowest BCUT2D eigenvalue weighted by Crippen LogP contribution is -2.19. The summed E-state index contributed by atoms with van der Waals surface area (Å²) in [6, 6.07) is 1.23. The normalized spacial score (nSPS) is 14.5. The van der Waals surface area contributed by atoms with Crippen LogP contribution in [0.1, 0.15) is 31.9 Å². The summed E-state index contributed by atoms with van der Waals surface area (Å²) < 4.78 is 80.8. The van der Waals surface area contributed by atoms with Gasteiger partial charge < -0.3 is 4.74 Å². The summed E-state index contributed by atoms with van der Waals surface area (Å²) in [4.78, 5) is 0. The Morgan fingerprint density at radius 3 is 1.50 bits per heavy atom. The van der Waals surface area contributed by atoms with E-state index in [1.807, 2.05) is 0 Å². The number of benzene rings is 1. The van der Waals surface area contributed by atoms with Gasteiger partial charge in [0.15, 0.2) is 0 Å². The Hall–Kier alpha value is -1.40. The van der Waals surface area contributed by atoms with E-state index >= 15 is 0 Å². The largest absolute Gasteiger partial charge is 0.490 e. The summed E-state index contributed by atoms with van der Waals surface area (Å²) in [7, 11) is 0. The first-order valence-corrected chi connectivity index (χ1v) is 5.87. The zero-order chi connectivity index (χ0) is 15.7. The Bertz CT molecular complexity index is 429. The fraction of sp³-hybridized carbons (Fsp3) is 0.538. The van der Waals surface area contributed by atoms with Gasteiger partial charge >= 0.3 is 12.4 Å². The summed E-state index contributed by atoms with van der Waals surface area (Å²) in [5.74, 6) is -0.479. The highest BCUT2D eigenvalue weighted by Gasteiger charge is 2.37. The minimum Gasteiger partial charge on any atom is -0.490 e. The zero-order valence-electron chi connectivity index (χ0n) is 11.1. The number of hydrogen-bond acceptors (Lipinski definition) is 1. The smallest absolute Gasteiger partial charge is 0.416 e. The maximum atomic E-state index is 12.6. The fourth-order valence-corrected chi connectivity index (χ4v) is 1.35. The van der Waals surface area contributed by atoms with Crippen LogP contribution >= 0.6 is 0 Å². The quantitative estimate of drug-likeness (QED) is 0.702. The molecule has 0 radical (unpaired) electrons. The molecule has 0 N–H and O–H groups in total. The van der Waals surface area contributed by atoms with E-state index in [1.165, 1.54) is 0 Å². The zero-order valence-corrected chi connectivity index (χ0v) is 11.1. The molecule has 1 nitrogen and oxygen atoms in total. The monoisotopic (exact) mass is 300 g/mol. The first-order valence-electron chi connectivity index (χ1n) is 5.87. The summed E-state index contributed by atoms with van der Waals surface area (Å²) in [5, 5.41) is 0. The highest BCUT2D eigenvalue weighted by Crippen LogP contribution is 2.38. The van der Waals surface area contributed by atoms with Crippen LogP contribution in [0.25, 0.3) is 0 Å². The first kappa shape index (κ1) is 16.7. The summed E-state index contributed by atoms with van der Waals surface area (Å²) >= 11 is 0. The molecule has 0 heterocycles. The molecule has 1 atom stereocenters. The second kappa shape index (κ2) is 5.54. The Morgan fingerprint density at radius 2 is 1.20 bits per heavy atom. The molecule has 0 saturated heterocycles. The third-order valence-corrected chi connectivity index (χ3v) is 2.82. The lowest BCUT2D eigenvalue weighted by atomic mass is 10.1. The van der Waals surface area contributed by atoms with Crippen molar-refractivity contribution < 1.29 is 31.1 Å². The molecule has 0 fully saturated rings. The van der Waals surface area contributed by atoms with Crippen LogP contribution in [0.15, 0.2) is 18.2 Å². The standard InChI is InChI=1S/C13H14F6O/c1-7(2)8(3)20-11-5-9(12(14,15)16)4-10(6-11)13(17,18)19/h4-8H,1-3H3. The van der Waals surface area contributed by atoms with E-state index in [4.69, 9.17) is 4.74 Å². The van der Waals surface area contributed by atoms with Crippen LogP contribution in [0.3, 0.4) is 0 Å². The van der Waals surface area contributed by atoms with E-state index in [2.05, 4.69) is 0 Å². The predicted octanol–water partition coefficient (Wildman–Crippen LogP) is 5.15. The predicted molar refractivity (Wildman–Crippen MR) is 61.4 cm³/mol. The summed E-state index contributed by atoms with van der Waals surface area (Å²) in [6.45, 7) is 5.09. The van der Waals surface area contributed by atoms with Gasteiger partial charge in [-0.3, -0.25) is 0 Å². The van der Waals surface area contributed by atoms with Gasteiger partial charge in [-0.1, -0.05) is 13.8 Å². The molecule has 0 aliphatic rings. The van der Waals surface area contributed by atoms with Gasteiger partial charge in [0, 0.05) is 0 Å². The molecule has 1 aromatic carbocycles. The van der Waals surface area contributed by atoms with Crippen LogP contribution in [-0.4, -0.2) is 6.10 Å². The Morgan fingerprint density at radius 1 is 0.800 bits per heavy atom. The molecule has 7 heteroatoms. The number of ether oxygens (including phenoxy) is 1. The van der Waals surface area contributed by atoms with Crippen molar-refractivity contribution in [3.8, 4) is 5.75 Å². The highest BCUT2D eigenvalue weighted by molar-refractivity contribution is 5.37. The average molecular weight is 300 g/mol. The van der Waals surface area contributed by atoms with Crippen molar-refractivity contribution in [1.29, 1.82) is 0 Å². The molecule has 0 aromatic heterocycles. The van der Waals surface area contributed by atoms with E-state index in [9.17, 15) is 26.3 Å². The van der Waals surface area contributed by atoms with E-state index in [0.29, 0.717) is 12.1 Å². The van der Waals surface area contributed by atoms with E-state index in [-0.39, 0.29) is 12.0 Å². The molecular formula is C13H14F6O.